The van der Waals surface area contributed by atoms with Crippen molar-refractivity contribution < 1.29 is 0 Å². The van der Waals surface area contributed by atoms with Gasteiger partial charge in [-0.25, -0.2) is 0 Å². The SMILES string of the molecule is CC1(C)c2ccccc2-c2c(-c3ccccc3N(c3ccccc3-c3cccc4c3sc3ccccc34)c3cccc4c3-c3ccccc3C4(C)C)cccc21. The highest BCUT2D eigenvalue weighted by molar-refractivity contribution is 7.26. The van der Waals surface area contributed by atoms with Gasteiger partial charge in [0.05, 0.1) is 17.1 Å². The van der Waals surface area contributed by atoms with Crippen molar-refractivity contribution in [2.24, 2.45) is 0 Å². The van der Waals surface area contributed by atoms with E-state index in [-0.39, 0.29) is 10.8 Å². The minimum atomic E-state index is -0.134. The summed E-state index contributed by atoms with van der Waals surface area (Å²) in [4.78, 5) is 2.58. The lowest BCUT2D eigenvalue weighted by Crippen LogP contribution is -2.16. The van der Waals surface area contributed by atoms with Crippen LogP contribution in [0.2, 0.25) is 0 Å². The maximum atomic E-state index is 2.58. The van der Waals surface area contributed by atoms with Gasteiger partial charge in [0.15, 0.2) is 0 Å². The van der Waals surface area contributed by atoms with Gasteiger partial charge in [-0.2, -0.15) is 0 Å². The predicted octanol–water partition coefficient (Wildman–Crippen LogP) is 15.5. The van der Waals surface area contributed by atoms with Crippen molar-refractivity contribution in [3.05, 3.63) is 198 Å². The van der Waals surface area contributed by atoms with E-state index >= 15 is 0 Å². The summed E-state index contributed by atoms with van der Waals surface area (Å²) in [7, 11) is 0. The van der Waals surface area contributed by atoms with E-state index in [0.29, 0.717) is 0 Å². The summed E-state index contributed by atoms with van der Waals surface area (Å²) < 4.78 is 2.63. The molecule has 2 aliphatic rings. The average Bonchev–Trinajstić information content (AvgIpc) is 3.82. The van der Waals surface area contributed by atoms with Gasteiger partial charge in [0.25, 0.3) is 0 Å². The molecule has 2 heteroatoms. The Kier molecular flexibility index (Phi) is 7.18. The molecule has 0 aliphatic heterocycles. The smallest absolute Gasteiger partial charge is 0.0543 e. The zero-order chi connectivity index (χ0) is 37.8. The third-order valence-corrected chi connectivity index (χ3v) is 13.9. The maximum Gasteiger partial charge on any atom is 0.0543 e. The van der Waals surface area contributed by atoms with E-state index in [0.717, 1.165) is 11.4 Å². The highest BCUT2D eigenvalue weighted by atomic mass is 32.1. The standard InChI is InChI=1S/C54H41NS/c1-53(2)42-26-10-5-21-40(42)50-37(23-16-28-44(50)53)34-18-7-12-30-46(34)55(48-32-17-29-45-51(48)41-22-6-11-27-43(41)54(45,3)4)47-31-13-8-19-35(47)38-24-15-25-39-36-20-9-14-33-49(36)56-52(38)39/h5-33H,1-4H3. The van der Waals surface area contributed by atoms with Crippen molar-refractivity contribution in [3.63, 3.8) is 0 Å². The number of para-hydroxylation sites is 2. The average molecular weight is 736 g/mol. The molecule has 1 nitrogen and oxygen atoms in total. The van der Waals surface area contributed by atoms with E-state index in [1.807, 2.05) is 11.3 Å². The summed E-state index contributed by atoms with van der Waals surface area (Å²) in [5, 5.41) is 2.62. The van der Waals surface area contributed by atoms with Gasteiger partial charge in [0.1, 0.15) is 0 Å². The third-order valence-electron chi connectivity index (χ3n) is 12.7. The largest absolute Gasteiger partial charge is 0.309 e. The van der Waals surface area contributed by atoms with Gasteiger partial charge in [0.2, 0.25) is 0 Å². The molecule has 11 rings (SSSR count). The Morgan fingerprint density at radius 3 is 1.46 bits per heavy atom. The second-order valence-electron chi connectivity index (χ2n) is 16.4. The molecule has 9 aromatic rings. The number of rotatable bonds is 5. The number of anilines is 3. The third kappa shape index (κ3) is 4.60. The lowest BCUT2D eigenvalue weighted by atomic mass is 9.82. The zero-order valence-electron chi connectivity index (χ0n) is 32.1. The molecule has 56 heavy (non-hydrogen) atoms. The van der Waals surface area contributed by atoms with Gasteiger partial charge in [-0.15, -0.1) is 11.3 Å². The monoisotopic (exact) mass is 735 g/mol. The normalized spacial score (nSPS) is 14.4. The van der Waals surface area contributed by atoms with Crippen molar-refractivity contribution in [1.82, 2.24) is 0 Å². The van der Waals surface area contributed by atoms with Crippen LogP contribution in [0.25, 0.3) is 64.7 Å². The molecule has 0 bridgehead atoms. The molecular weight excluding hydrogens is 695 g/mol. The molecule has 0 unspecified atom stereocenters. The van der Waals surface area contributed by atoms with E-state index in [1.54, 1.807) is 0 Å². The van der Waals surface area contributed by atoms with Gasteiger partial charge >= 0.3 is 0 Å². The van der Waals surface area contributed by atoms with Crippen molar-refractivity contribution >= 4 is 48.6 Å². The van der Waals surface area contributed by atoms with E-state index in [4.69, 9.17) is 0 Å². The molecule has 1 aromatic heterocycles. The first-order valence-corrected chi connectivity index (χ1v) is 20.5. The Balaban J connectivity index is 1.23. The van der Waals surface area contributed by atoms with Gasteiger partial charge in [-0.1, -0.05) is 179 Å². The molecule has 0 spiro atoms. The molecule has 0 atom stereocenters. The number of nitrogens with zero attached hydrogens (tertiary/aromatic N) is 1. The summed E-state index contributed by atoms with van der Waals surface area (Å²) >= 11 is 1.89. The first-order chi connectivity index (χ1) is 27.3. The Morgan fingerprint density at radius 1 is 0.339 bits per heavy atom. The van der Waals surface area contributed by atoms with E-state index < -0.39 is 0 Å². The van der Waals surface area contributed by atoms with E-state index in [9.17, 15) is 0 Å². The minimum absolute atomic E-state index is 0.0956. The topological polar surface area (TPSA) is 3.24 Å². The van der Waals surface area contributed by atoms with E-state index in [2.05, 4.69) is 209 Å². The quantitative estimate of drug-likeness (QED) is 0.170. The molecule has 0 saturated heterocycles. The van der Waals surface area contributed by atoms with Crippen LogP contribution in [0.15, 0.2) is 176 Å². The number of hydrogen-bond acceptors (Lipinski definition) is 2. The summed E-state index contributed by atoms with van der Waals surface area (Å²) in [6.07, 6.45) is 0. The molecule has 2 aliphatic carbocycles. The summed E-state index contributed by atoms with van der Waals surface area (Å²) in [6.45, 7) is 9.50. The lowest BCUT2D eigenvalue weighted by molar-refractivity contribution is 0.660. The fraction of sp³-hybridized carbons (Fsp3) is 0.111. The summed E-state index contributed by atoms with van der Waals surface area (Å²) in [6, 6.07) is 65.7. The minimum Gasteiger partial charge on any atom is -0.309 e. The number of benzene rings is 8. The molecular formula is C54H41NS. The second-order valence-corrected chi connectivity index (χ2v) is 17.5. The van der Waals surface area contributed by atoms with Gasteiger partial charge in [-0.05, 0) is 68.8 Å². The van der Waals surface area contributed by atoms with Crippen molar-refractivity contribution in [1.29, 1.82) is 0 Å². The van der Waals surface area contributed by atoms with Crippen LogP contribution in [-0.4, -0.2) is 0 Å². The molecule has 0 radical (unpaired) electrons. The Morgan fingerprint density at radius 2 is 0.768 bits per heavy atom. The number of fused-ring (bicyclic) bond motifs is 9. The first-order valence-electron chi connectivity index (χ1n) is 19.7. The number of thiophene rings is 1. The Labute approximate surface area is 333 Å². The lowest BCUT2D eigenvalue weighted by Gasteiger charge is -2.32. The molecule has 0 fully saturated rings. The highest BCUT2D eigenvalue weighted by Gasteiger charge is 2.40. The fourth-order valence-corrected chi connectivity index (χ4v) is 11.3. The maximum absolute atomic E-state index is 2.58. The molecule has 1 heterocycles. The summed E-state index contributed by atoms with van der Waals surface area (Å²) in [5.41, 5.74) is 19.0. The zero-order valence-corrected chi connectivity index (χ0v) is 32.9. The molecule has 0 amide bonds. The molecule has 268 valence electrons. The van der Waals surface area contributed by atoms with Crippen molar-refractivity contribution in [2.45, 2.75) is 38.5 Å². The summed E-state index contributed by atoms with van der Waals surface area (Å²) in [5.74, 6) is 0. The highest BCUT2D eigenvalue weighted by Crippen LogP contribution is 2.58. The van der Waals surface area contributed by atoms with Crippen LogP contribution in [0, 0.1) is 0 Å². The first kappa shape index (κ1) is 33.1. The van der Waals surface area contributed by atoms with Crippen molar-refractivity contribution in [2.75, 3.05) is 4.90 Å². The second kappa shape index (κ2) is 12.1. The fourth-order valence-electron chi connectivity index (χ4n) is 10.0. The van der Waals surface area contributed by atoms with Crippen LogP contribution in [-0.2, 0) is 10.8 Å². The van der Waals surface area contributed by atoms with Crippen LogP contribution in [0.3, 0.4) is 0 Å². The molecule has 0 saturated carbocycles. The van der Waals surface area contributed by atoms with Crippen LogP contribution in [0.5, 0.6) is 0 Å². The molecule has 8 aromatic carbocycles. The van der Waals surface area contributed by atoms with E-state index in [1.165, 1.54) is 92.6 Å². The van der Waals surface area contributed by atoms with Gasteiger partial charge < -0.3 is 4.90 Å². The van der Waals surface area contributed by atoms with Gasteiger partial charge in [-0.3, -0.25) is 0 Å². The van der Waals surface area contributed by atoms with Crippen LogP contribution in [0.4, 0.5) is 17.1 Å². The van der Waals surface area contributed by atoms with Crippen LogP contribution in [0.1, 0.15) is 49.9 Å². The van der Waals surface area contributed by atoms with Crippen LogP contribution < -0.4 is 4.90 Å². The Hall–Kier alpha value is -6.22. The molecule has 0 N–H and O–H groups in total. The van der Waals surface area contributed by atoms with Gasteiger partial charge in [0, 0.05) is 53.3 Å². The number of hydrogen-bond donors (Lipinski definition) is 0. The van der Waals surface area contributed by atoms with Crippen LogP contribution >= 0.6 is 11.3 Å². The Bertz CT molecular complexity index is 3050. The van der Waals surface area contributed by atoms with Crippen molar-refractivity contribution in [3.8, 4) is 44.5 Å². The predicted molar refractivity (Wildman–Crippen MR) is 240 cm³/mol.